The quantitative estimate of drug-likeness (QED) is 0.836. The van der Waals surface area contributed by atoms with E-state index in [1.54, 1.807) is 26.8 Å². The number of aryl methyl sites for hydroxylation is 1. The molecule has 96 valence electrons. The molecule has 1 aliphatic carbocycles. The van der Waals surface area contributed by atoms with Crippen molar-refractivity contribution in [2.24, 2.45) is 5.92 Å². The van der Waals surface area contributed by atoms with E-state index in [0.717, 1.165) is 11.1 Å². The summed E-state index contributed by atoms with van der Waals surface area (Å²) in [5.41, 5.74) is 3.37. The smallest absolute Gasteiger partial charge is 0.307 e. The number of carbonyl (C=O) groups is 2. The maximum absolute atomic E-state index is 12.0. The first kappa shape index (κ1) is 12.8. The molecule has 0 heterocycles. The molecule has 4 heteroatoms. The molecule has 0 spiro atoms. The van der Waals surface area contributed by atoms with Crippen LogP contribution in [0.2, 0.25) is 0 Å². The number of aliphatic carboxylic acids is 1. The molecule has 1 aromatic carbocycles. The summed E-state index contributed by atoms with van der Waals surface area (Å²) < 4.78 is 0. The highest BCUT2D eigenvalue weighted by molar-refractivity contribution is 6.03. The van der Waals surface area contributed by atoms with E-state index in [1.807, 2.05) is 0 Å². The van der Waals surface area contributed by atoms with Crippen molar-refractivity contribution in [1.29, 1.82) is 0 Å². The lowest BCUT2D eigenvalue weighted by Gasteiger charge is -2.15. The molecular weight excluding hydrogens is 232 g/mol. The Morgan fingerprint density at radius 1 is 1.39 bits per heavy atom. The predicted molar refractivity (Wildman–Crippen MR) is 65.7 cm³/mol. The Hall–Kier alpha value is -1.68. The maximum Gasteiger partial charge on any atom is 0.307 e. The highest BCUT2D eigenvalue weighted by Crippen LogP contribution is 2.40. The Kier molecular flexibility index (Phi) is 2.99. The summed E-state index contributed by atoms with van der Waals surface area (Å²) in [6.07, 6.45) is -0.902. The third kappa shape index (κ3) is 1.73. The zero-order chi connectivity index (χ0) is 13.6. The number of hydrogen-bond donors (Lipinski definition) is 2. The summed E-state index contributed by atoms with van der Waals surface area (Å²) in [5, 5.41) is 19.0. The van der Waals surface area contributed by atoms with Gasteiger partial charge in [-0.3, -0.25) is 9.59 Å². The zero-order valence-corrected chi connectivity index (χ0v) is 10.7. The Balaban J connectivity index is 2.64. The molecule has 0 fully saturated rings. The minimum atomic E-state index is -0.909. The van der Waals surface area contributed by atoms with E-state index in [1.165, 1.54) is 0 Å². The van der Waals surface area contributed by atoms with Gasteiger partial charge in [-0.15, -0.1) is 0 Å². The van der Waals surface area contributed by atoms with Gasteiger partial charge in [-0.25, -0.2) is 0 Å². The molecule has 0 saturated heterocycles. The normalized spacial score (nSPS) is 22.1. The predicted octanol–water partition coefficient (Wildman–Crippen LogP) is 1.80. The molecule has 0 saturated carbocycles. The van der Waals surface area contributed by atoms with Gasteiger partial charge in [-0.1, -0.05) is 6.92 Å². The van der Waals surface area contributed by atoms with Gasteiger partial charge in [0.15, 0.2) is 5.78 Å². The fourth-order valence-electron chi connectivity index (χ4n) is 2.69. The van der Waals surface area contributed by atoms with Crippen LogP contribution in [0.4, 0.5) is 0 Å². The number of aliphatic hydroxyl groups excluding tert-OH is 1. The van der Waals surface area contributed by atoms with Crippen LogP contribution < -0.4 is 0 Å². The van der Waals surface area contributed by atoms with Crippen LogP contribution in [0.5, 0.6) is 0 Å². The Morgan fingerprint density at radius 2 is 2.00 bits per heavy atom. The fraction of sp³-hybridized carbons (Fsp3) is 0.429. The van der Waals surface area contributed by atoms with E-state index >= 15 is 0 Å². The Labute approximate surface area is 105 Å². The van der Waals surface area contributed by atoms with E-state index in [9.17, 15) is 14.7 Å². The molecule has 2 atom stereocenters. The molecule has 2 unspecified atom stereocenters. The SMILES string of the molecule is Cc1cc2c(c(C)c1CC(=O)O)C(O)C(C)C2=O. The van der Waals surface area contributed by atoms with Crippen LogP contribution in [0.3, 0.4) is 0 Å². The van der Waals surface area contributed by atoms with Gasteiger partial charge in [0.25, 0.3) is 0 Å². The van der Waals surface area contributed by atoms with Crippen LogP contribution in [-0.4, -0.2) is 22.0 Å². The lowest BCUT2D eigenvalue weighted by atomic mass is 9.91. The second kappa shape index (κ2) is 4.21. The van der Waals surface area contributed by atoms with Crippen molar-refractivity contribution in [1.82, 2.24) is 0 Å². The minimum Gasteiger partial charge on any atom is -0.481 e. The van der Waals surface area contributed by atoms with E-state index < -0.39 is 18.0 Å². The van der Waals surface area contributed by atoms with Crippen LogP contribution in [-0.2, 0) is 11.2 Å². The van der Waals surface area contributed by atoms with E-state index in [0.29, 0.717) is 16.7 Å². The van der Waals surface area contributed by atoms with Crippen LogP contribution in [0.15, 0.2) is 6.07 Å². The van der Waals surface area contributed by atoms with Gasteiger partial charge in [0.1, 0.15) is 0 Å². The van der Waals surface area contributed by atoms with Crippen LogP contribution in [0, 0.1) is 19.8 Å². The molecule has 2 rings (SSSR count). The number of benzene rings is 1. The van der Waals surface area contributed by atoms with Crippen molar-refractivity contribution in [3.05, 3.63) is 33.9 Å². The number of carboxylic acids is 1. The standard InChI is InChI=1S/C14H16O4/c1-6-4-10-12(14(18)8(3)13(10)17)7(2)9(6)5-11(15)16/h4,8,14,18H,5H2,1-3H3,(H,15,16). The van der Waals surface area contributed by atoms with E-state index in [-0.39, 0.29) is 12.2 Å². The third-order valence-electron chi connectivity index (χ3n) is 3.76. The summed E-state index contributed by atoms with van der Waals surface area (Å²) in [6, 6.07) is 1.70. The van der Waals surface area contributed by atoms with Crippen molar-refractivity contribution < 1.29 is 19.8 Å². The summed E-state index contributed by atoms with van der Waals surface area (Å²) >= 11 is 0. The lowest BCUT2D eigenvalue weighted by molar-refractivity contribution is -0.136. The number of Topliss-reactive ketones (excluding diaryl/α,β-unsaturated/α-hetero) is 1. The van der Waals surface area contributed by atoms with Crippen molar-refractivity contribution in [3.63, 3.8) is 0 Å². The van der Waals surface area contributed by atoms with Gasteiger partial charge in [-0.2, -0.15) is 0 Å². The van der Waals surface area contributed by atoms with Crippen LogP contribution >= 0.6 is 0 Å². The second-order valence-electron chi connectivity index (χ2n) is 4.93. The molecular formula is C14H16O4. The highest BCUT2D eigenvalue weighted by Gasteiger charge is 2.37. The molecule has 18 heavy (non-hydrogen) atoms. The minimum absolute atomic E-state index is 0.0643. The average molecular weight is 248 g/mol. The van der Waals surface area contributed by atoms with E-state index in [2.05, 4.69) is 0 Å². The molecule has 4 nitrogen and oxygen atoms in total. The van der Waals surface area contributed by atoms with Crippen LogP contribution in [0.25, 0.3) is 0 Å². The average Bonchev–Trinajstić information content (AvgIpc) is 2.49. The largest absolute Gasteiger partial charge is 0.481 e. The molecule has 0 bridgehead atoms. The van der Waals surface area contributed by atoms with Gasteiger partial charge >= 0.3 is 5.97 Å². The van der Waals surface area contributed by atoms with Crippen LogP contribution in [0.1, 0.15) is 45.6 Å². The maximum atomic E-state index is 12.0. The fourth-order valence-corrected chi connectivity index (χ4v) is 2.69. The molecule has 0 aromatic heterocycles. The monoisotopic (exact) mass is 248 g/mol. The topological polar surface area (TPSA) is 74.6 Å². The first-order chi connectivity index (χ1) is 8.34. The van der Waals surface area contributed by atoms with Gasteiger partial charge in [-0.05, 0) is 42.2 Å². The number of carboxylic acid groups (broad SMARTS) is 1. The van der Waals surface area contributed by atoms with Gasteiger partial charge in [0, 0.05) is 11.5 Å². The molecule has 0 amide bonds. The Morgan fingerprint density at radius 3 is 2.56 bits per heavy atom. The summed E-state index contributed by atoms with van der Waals surface area (Å²) in [7, 11) is 0. The number of rotatable bonds is 2. The number of hydrogen-bond acceptors (Lipinski definition) is 3. The number of fused-ring (bicyclic) bond motifs is 1. The second-order valence-corrected chi connectivity index (χ2v) is 4.93. The zero-order valence-electron chi connectivity index (χ0n) is 10.7. The summed E-state index contributed by atoms with van der Waals surface area (Å²) in [4.78, 5) is 22.8. The van der Waals surface area contributed by atoms with Crippen molar-refractivity contribution in [3.8, 4) is 0 Å². The lowest BCUT2D eigenvalue weighted by Crippen LogP contribution is -2.09. The summed E-state index contributed by atoms with van der Waals surface area (Å²) in [5.74, 6) is -1.42. The number of aliphatic hydroxyl groups is 1. The summed E-state index contributed by atoms with van der Waals surface area (Å²) in [6.45, 7) is 5.27. The first-order valence-electron chi connectivity index (χ1n) is 5.91. The molecule has 1 aromatic rings. The third-order valence-corrected chi connectivity index (χ3v) is 3.76. The van der Waals surface area contributed by atoms with Gasteiger partial charge in [0.2, 0.25) is 0 Å². The number of ketones is 1. The Bertz CT molecular complexity index is 545. The highest BCUT2D eigenvalue weighted by atomic mass is 16.4. The number of carbonyl (C=O) groups excluding carboxylic acids is 1. The molecule has 0 radical (unpaired) electrons. The van der Waals surface area contributed by atoms with Gasteiger partial charge in [0.05, 0.1) is 12.5 Å². The van der Waals surface area contributed by atoms with Crippen molar-refractivity contribution in [2.45, 2.75) is 33.3 Å². The van der Waals surface area contributed by atoms with Crippen molar-refractivity contribution in [2.75, 3.05) is 0 Å². The first-order valence-corrected chi connectivity index (χ1v) is 5.91. The molecule has 1 aliphatic rings. The van der Waals surface area contributed by atoms with Crippen molar-refractivity contribution >= 4 is 11.8 Å². The molecule has 2 N–H and O–H groups in total. The van der Waals surface area contributed by atoms with E-state index in [4.69, 9.17) is 5.11 Å². The molecule has 0 aliphatic heterocycles. The van der Waals surface area contributed by atoms with Gasteiger partial charge < -0.3 is 10.2 Å².